The molecule has 0 saturated carbocycles. The topological polar surface area (TPSA) is 136 Å². The number of carbonyl (C=O) groups is 4. The van der Waals surface area contributed by atoms with Crippen molar-refractivity contribution in [3.05, 3.63) is 89.2 Å². The average molecular weight is 503 g/mol. The average Bonchev–Trinajstić information content (AvgIpc) is 3.34. The lowest BCUT2D eigenvalue weighted by molar-refractivity contribution is -0.131. The molecular weight excluding hydrogens is 476 g/mol. The Labute approximate surface area is 213 Å². The summed E-state index contributed by atoms with van der Waals surface area (Å²) in [6, 6.07) is 13.4. The van der Waals surface area contributed by atoms with Crippen LogP contribution in [0.3, 0.4) is 0 Å². The zero-order chi connectivity index (χ0) is 26.4. The maximum absolute atomic E-state index is 13.1. The summed E-state index contributed by atoms with van der Waals surface area (Å²) in [4.78, 5) is 53.9. The van der Waals surface area contributed by atoms with Crippen LogP contribution in [-0.4, -0.2) is 60.8 Å². The molecular formula is C27H26N4O6. The van der Waals surface area contributed by atoms with Crippen molar-refractivity contribution in [3.63, 3.8) is 0 Å². The van der Waals surface area contributed by atoms with Gasteiger partial charge < -0.3 is 25.4 Å². The Balaban J connectivity index is 1.43. The molecule has 2 aromatic carbocycles. The molecule has 0 unspecified atom stereocenters. The Hall–Kier alpha value is -4.57. The molecule has 2 atom stereocenters. The Bertz CT molecular complexity index is 1310. The van der Waals surface area contributed by atoms with Crippen LogP contribution in [0.2, 0.25) is 0 Å². The van der Waals surface area contributed by atoms with E-state index in [1.807, 2.05) is 0 Å². The molecule has 2 heterocycles. The number of nitrogens with one attached hydrogen (secondary N) is 3. The monoisotopic (exact) mass is 502 g/mol. The molecule has 1 saturated heterocycles. The number of aromatic nitrogens is 1. The van der Waals surface area contributed by atoms with Gasteiger partial charge in [-0.3, -0.25) is 24.2 Å². The quantitative estimate of drug-likeness (QED) is 0.241. The molecule has 3 aromatic rings. The van der Waals surface area contributed by atoms with Gasteiger partial charge in [-0.1, -0.05) is 12.1 Å². The predicted molar refractivity (Wildman–Crippen MR) is 134 cm³/mol. The van der Waals surface area contributed by atoms with Crippen molar-refractivity contribution in [2.24, 2.45) is 0 Å². The number of benzene rings is 2. The fourth-order valence-corrected chi connectivity index (χ4v) is 3.97. The Morgan fingerprint density at radius 1 is 0.838 bits per heavy atom. The summed E-state index contributed by atoms with van der Waals surface area (Å²) in [6.07, 6.45) is 3.09. The summed E-state index contributed by atoms with van der Waals surface area (Å²) in [5.41, 5.74) is 1.31. The third-order valence-electron chi connectivity index (χ3n) is 5.88. The van der Waals surface area contributed by atoms with E-state index in [4.69, 9.17) is 9.47 Å². The van der Waals surface area contributed by atoms with Crippen molar-refractivity contribution in [2.75, 3.05) is 20.2 Å². The van der Waals surface area contributed by atoms with Gasteiger partial charge in [0, 0.05) is 49.1 Å². The second-order valence-corrected chi connectivity index (χ2v) is 8.42. The number of ketones is 1. The fourth-order valence-electron chi connectivity index (χ4n) is 3.97. The van der Waals surface area contributed by atoms with Crippen LogP contribution in [0.1, 0.15) is 43.6 Å². The first-order chi connectivity index (χ1) is 17.9. The van der Waals surface area contributed by atoms with E-state index in [9.17, 15) is 19.2 Å². The molecule has 0 spiro atoms. The molecule has 0 aliphatic carbocycles. The SMILES string of the molecule is COc1ccc(OC(C)=O)c(C(=O)c2ccc(C(=O)N[C@@H]3CNC[C@H]3NC(=O)c3ccncc3)cc2)c1. The fraction of sp³-hybridized carbons (Fsp3) is 0.222. The molecule has 1 aliphatic rings. The number of nitrogens with zero attached hydrogens (tertiary/aromatic N) is 1. The van der Waals surface area contributed by atoms with Crippen LogP contribution in [0.25, 0.3) is 0 Å². The Morgan fingerprint density at radius 3 is 1.97 bits per heavy atom. The molecule has 1 aliphatic heterocycles. The largest absolute Gasteiger partial charge is 0.497 e. The van der Waals surface area contributed by atoms with Gasteiger partial charge in [0.15, 0.2) is 5.78 Å². The lowest BCUT2D eigenvalue weighted by atomic mass is 10.0. The first kappa shape index (κ1) is 25.5. The number of methoxy groups -OCH3 is 1. The van der Waals surface area contributed by atoms with Crippen LogP contribution < -0.4 is 25.4 Å². The predicted octanol–water partition coefficient (Wildman–Crippen LogP) is 1.75. The zero-order valence-electron chi connectivity index (χ0n) is 20.3. The van der Waals surface area contributed by atoms with Crippen molar-refractivity contribution in [3.8, 4) is 11.5 Å². The molecule has 10 heteroatoms. The van der Waals surface area contributed by atoms with Crippen LogP contribution in [0.15, 0.2) is 67.0 Å². The number of carbonyl (C=O) groups excluding carboxylic acids is 4. The van der Waals surface area contributed by atoms with E-state index in [1.165, 1.54) is 38.3 Å². The van der Waals surface area contributed by atoms with Crippen molar-refractivity contribution in [1.29, 1.82) is 0 Å². The molecule has 3 N–H and O–H groups in total. The third kappa shape index (κ3) is 6.17. The summed E-state index contributed by atoms with van der Waals surface area (Å²) >= 11 is 0. The van der Waals surface area contributed by atoms with Crippen LogP contribution >= 0.6 is 0 Å². The second-order valence-electron chi connectivity index (χ2n) is 8.42. The van der Waals surface area contributed by atoms with E-state index in [-0.39, 0.29) is 41.0 Å². The highest BCUT2D eigenvalue weighted by Crippen LogP contribution is 2.27. The van der Waals surface area contributed by atoms with Crippen LogP contribution in [0.4, 0.5) is 0 Å². The minimum absolute atomic E-state index is 0.119. The lowest BCUT2D eigenvalue weighted by Crippen LogP contribution is -2.51. The molecule has 37 heavy (non-hydrogen) atoms. The normalized spacial score (nSPS) is 16.5. The minimum Gasteiger partial charge on any atom is -0.497 e. The van der Waals surface area contributed by atoms with Crippen molar-refractivity contribution in [1.82, 2.24) is 20.9 Å². The van der Waals surface area contributed by atoms with Gasteiger partial charge in [0.2, 0.25) is 0 Å². The number of hydrogen-bond acceptors (Lipinski definition) is 8. The summed E-state index contributed by atoms with van der Waals surface area (Å²) < 4.78 is 10.4. The van der Waals surface area contributed by atoms with Gasteiger partial charge in [-0.25, -0.2) is 0 Å². The van der Waals surface area contributed by atoms with Gasteiger partial charge in [-0.2, -0.15) is 0 Å². The summed E-state index contributed by atoms with van der Waals surface area (Å²) in [5, 5.41) is 9.05. The number of amides is 2. The first-order valence-corrected chi connectivity index (χ1v) is 11.6. The molecule has 190 valence electrons. The number of hydrogen-bond donors (Lipinski definition) is 3. The van der Waals surface area contributed by atoms with Gasteiger partial charge in [0.1, 0.15) is 11.5 Å². The Morgan fingerprint density at radius 2 is 1.41 bits per heavy atom. The highest BCUT2D eigenvalue weighted by Gasteiger charge is 2.30. The zero-order valence-corrected chi connectivity index (χ0v) is 20.3. The number of rotatable bonds is 8. The van der Waals surface area contributed by atoms with Gasteiger partial charge in [0.05, 0.1) is 24.8 Å². The number of ether oxygens (including phenoxy) is 2. The minimum atomic E-state index is -0.553. The number of pyridine rings is 1. The van der Waals surface area contributed by atoms with Crippen LogP contribution in [-0.2, 0) is 4.79 Å². The molecule has 4 rings (SSSR count). The maximum Gasteiger partial charge on any atom is 0.308 e. The third-order valence-corrected chi connectivity index (χ3v) is 5.88. The van der Waals surface area contributed by atoms with Crippen molar-refractivity contribution < 1.29 is 28.7 Å². The molecule has 0 radical (unpaired) electrons. The van der Waals surface area contributed by atoms with E-state index in [2.05, 4.69) is 20.9 Å². The van der Waals surface area contributed by atoms with Crippen molar-refractivity contribution in [2.45, 2.75) is 19.0 Å². The molecule has 2 amide bonds. The van der Waals surface area contributed by atoms with E-state index < -0.39 is 5.97 Å². The van der Waals surface area contributed by atoms with Gasteiger partial charge >= 0.3 is 5.97 Å². The standard InChI is InChI=1S/C27H26N4O6/c1-16(32)37-24-8-7-20(36-2)13-21(24)25(33)17-3-5-18(6-4-17)26(34)30-22-14-29-15-23(22)31-27(35)19-9-11-28-12-10-19/h3-13,22-23,29H,14-15H2,1-2H3,(H,30,34)(H,31,35)/t22-,23-/m1/s1. The smallest absolute Gasteiger partial charge is 0.308 e. The molecule has 1 fully saturated rings. The second kappa shape index (κ2) is 11.4. The molecule has 0 bridgehead atoms. The first-order valence-electron chi connectivity index (χ1n) is 11.6. The number of esters is 1. The van der Waals surface area contributed by atoms with Crippen molar-refractivity contribution >= 4 is 23.6 Å². The highest BCUT2D eigenvalue weighted by atomic mass is 16.5. The van der Waals surface area contributed by atoms with E-state index in [1.54, 1.807) is 42.7 Å². The van der Waals surface area contributed by atoms with E-state index in [0.29, 0.717) is 35.5 Å². The van der Waals surface area contributed by atoms with Crippen LogP contribution in [0, 0.1) is 0 Å². The lowest BCUT2D eigenvalue weighted by Gasteiger charge is -2.21. The van der Waals surface area contributed by atoms with Gasteiger partial charge in [0.25, 0.3) is 11.8 Å². The highest BCUT2D eigenvalue weighted by molar-refractivity contribution is 6.11. The maximum atomic E-state index is 13.1. The summed E-state index contributed by atoms with van der Waals surface area (Å²) in [7, 11) is 1.47. The summed E-state index contributed by atoms with van der Waals surface area (Å²) in [5.74, 6) is -0.967. The van der Waals surface area contributed by atoms with Gasteiger partial charge in [-0.15, -0.1) is 0 Å². The van der Waals surface area contributed by atoms with Gasteiger partial charge in [-0.05, 0) is 42.5 Å². The summed E-state index contributed by atoms with van der Waals surface area (Å²) in [6.45, 7) is 2.26. The molecule has 1 aromatic heterocycles. The molecule has 10 nitrogen and oxygen atoms in total. The Kier molecular flexibility index (Phi) is 7.89. The van der Waals surface area contributed by atoms with E-state index >= 15 is 0 Å². The van der Waals surface area contributed by atoms with Crippen LogP contribution in [0.5, 0.6) is 11.5 Å². The van der Waals surface area contributed by atoms with E-state index in [0.717, 1.165) is 0 Å².